The van der Waals surface area contributed by atoms with Gasteiger partial charge in [-0.15, -0.1) is 0 Å². The minimum Gasteiger partial charge on any atom is -0.480 e. The highest BCUT2D eigenvalue weighted by atomic mass is 32.2. The minimum atomic E-state index is -3.70. The summed E-state index contributed by atoms with van der Waals surface area (Å²) in [5.74, 6) is -0.833. The van der Waals surface area contributed by atoms with Gasteiger partial charge < -0.3 is 10.8 Å². The number of carboxylic acid groups (broad SMARTS) is 1. The third-order valence-corrected chi connectivity index (χ3v) is 5.48. The lowest BCUT2D eigenvalue weighted by atomic mass is 9.95. The molecule has 0 amide bonds. The zero-order chi connectivity index (χ0) is 13.1. The van der Waals surface area contributed by atoms with E-state index in [-0.39, 0.29) is 0 Å². The van der Waals surface area contributed by atoms with E-state index in [1.54, 1.807) is 0 Å². The molecule has 17 heavy (non-hydrogen) atoms. The van der Waals surface area contributed by atoms with Gasteiger partial charge in [0.1, 0.15) is 0 Å². The number of rotatable bonds is 5. The monoisotopic (exact) mass is 264 g/mol. The van der Waals surface area contributed by atoms with Crippen LogP contribution >= 0.6 is 0 Å². The highest BCUT2D eigenvalue weighted by Crippen LogP contribution is 2.23. The Morgan fingerprint density at radius 1 is 1.47 bits per heavy atom. The summed E-state index contributed by atoms with van der Waals surface area (Å²) in [6.07, 6.45) is 2.44. The Labute approximate surface area is 102 Å². The molecule has 0 aromatic heterocycles. The molecule has 1 aliphatic rings. The second kappa shape index (κ2) is 5.79. The Kier molecular flexibility index (Phi) is 4.91. The van der Waals surface area contributed by atoms with Crippen LogP contribution in [0.2, 0.25) is 0 Å². The zero-order valence-electron chi connectivity index (χ0n) is 10.0. The summed E-state index contributed by atoms with van der Waals surface area (Å²) in [6, 6.07) is 0. The number of hydrogen-bond donors (Lipinski definition) is 2. The van der Waals surface area contributed by atoms with Crippen molar-refractivity contribution in [2.45, 2.75) is 31.4 Å². The summed E-state index contributed by atoms with van der Waals surface area (Å²) in [7, 11) is -3.70. The molecule has 0 aromatic carbocycles. The molecule has 1 rings (SSSR count). The zero-order valence-corrected chi connectivity index (χ0v) is 10.8. The molecule has 1 aliphatic heterocycles. The van der Waals surface area contributed by atoms with Crippen LogP contribution in [0.25, 0.3) is 0 Å². The van der Waals surface area contributed by atoms with Crippen LogP contribution in [0.1, 0.15) is 26.2 Å². The molecule has 1 unspecified atom stereocenters. The maximum Gasteiger partial charge on any atom is 0.323 e. The first-order valence-corrected chi connectivity index (χ1v) is 7.31. The van der Waals surface area contributed by atoms with Crippen molar-refractivity contribution >= 4 is 16.0 Å². The predicted molar refractivity (Wildman–Crippen MR) is 64.0 cm³/mol. The summed E-state index contributed by atoms with van der Waals surface area (Å²) in [5, 5.41) is 7.40. The Morgan fingerprint density at radius 3 is 2.41 bits per heavy atom. The molecule has 1 heterocycles. The van der Waals surface area contributed by atoms with Crippen LogP contribution in [0.3, 0.4) is 0 Å². The lowest BCUT2D eigenvalue weighted by molar-refractivity contribution is -0.136. The van der Waals surface area contributed by atoms with Crippen molar-refractivity contribution in [1.29, 1.82) is 0 Å². The lowest BCUT2D eigenvalue weighted by Crippen LogP contribution is -2.45. The van der Waals surface area contributed by atoms with E-state index in [0.29, 0.717) is 25.6 Å². The van der Waals surface area contributed by atoms with Crippen LogP contribution in [0.5, 0.6) is 0 Å². The second-order valence-corrected chi connectivity index (χ2v) is 6.70. The molecule has 7 heteroatoms. The van der Waals surface area contributed by atoms with Gasteiger partial charge in [0.15, 0.2) is 5.25 Å². The second-order valence-electron chi connectivity index (χ2n) is 4.45. The largest absolute Gasteiger partial charge is 0.480 e. The van der Waals surface area contributed by atoms with Crippen molar-refractivity contribution in [2.75, 3.05) is 19.6 Å². The highest BCUT2D eigenvalue weighted by Gasteiger charge is 2.35. The molecule has 0 aromatic rings. The number of carbonyl (C=O) groups is 1. The summed E-state index contributed by atoms with van der Waals surface area (Å²) in [6.45, 7) is 2.64. The van der Waals surface area contributed by atoms with Gasteiger partial charge in [0.25, 0.3) is 0 Å². The average molecular weight is 264 g/mol. The van der Waals surface area contributed by atoms with Crippen LogP contribution in [-0.2, 0) is 14.8 Å². The maximum atomic E-state index is 11.9. The van der Waals surface area contributed by atoms with Crippen molar-refractivity contribution in [3.63, 3.8) is 0 Å². The van der Waals surface area contributed by atoms with Gasteiger partial charge in [-0.2, -0.15) is 0 Å². The first kappa shape index (κ1) is 14.4. The third-order valence-electron chi connectivity index (χ3n) is 3.30. The van der Waals surface area contributed by atoms with E-state index in [2.05, 4.69) is 0 Å². The summed E-state index contributed by atoms with van der Waals surface area (Å²) in [5.41, 5.74) is 5.46. The number of aliphatic carboxylic acids is 1. The van der Waals surface area contributed by atoms with E-state index < -0.39 is 21.2 Å². The van der Waals surface area contributed by atoms with Crippen LogP contribution in [0.4, 0.5) is 0 Å². The van der Waals surface area contributed by atoms with Crippen LogP contribution in [0, 0.1) is 5.92 Å². The third kappa shape index (κ3) is 3.40. The molecular weight excluding hydrogens is 244 g/mol. The standard InChI is InChI=1S/C10H20N2O4S/c1-8(10(13)14)17(15,16)12-6-3-9(2-5-11)4-7-12/h8-9H,2-7,11H2,1H3,(H,13,14). The summed E-state index contributed by atoms with van der Waals surface area (Å²) < 4.78 is 25.1. The molecule has 0 saturated carbocycles. The van der Waals surface area contributed by atoms with E-state index in [1.165, 1.54) is 11.2 Å². The van der Waals surface area contributed by atoms with Crippen molar-refractivity contribution in [3.8, 4) is 0 Å². The van der Waals surface area contributed by atoms with Crippen molar-refractivity contribution < 1.29 is 18.3 Å². The number of hydrogen-bond acceptors (Lipinski definition) is 4. The van der Waals surface area contributed by atoms with Gasteiger partial charge in [-0.05, 0) is 38.6 Å². The molecule has 0 radical (unpaired) electrons. The normalized spacial score (nSPS) is 21.3. The van der Waals surface area contributed by atoms with Crippen molar-refractivity contribution in [1.82, 2.24) is 4.31 Å². The van der Waals surface area contributed by atoms with Gasteiger partial charge in [0.05, 0.1) is 0 Å². The number of piperidine rings is 1. The fraction of sp³-hybridized carbons (Fsp3) is 0.900. The Morgan fingerprint density at radius 2 is 2.00 bits per heavy atom. The van der Waals surface area contributed by atoms with Gasteiger partial charge in [-0.1, -0.05) is 0 Å². The Balaban J connectivity index is 2.62. The van der Waals surface area contributed by atoms with Crippen LogP contribution in [-0.4, -0.2) is 48.7 Å². The van der Waals surface area contributed by atoms with Gasteiger partial charge in [0, 0.05) is 13.1 Å². The molecular formula is C10H20N2O4S. The fourth-order valence-corrected chi connectivity index (χ4v) is 3.46. The van der Waals surface area contributed by atoms with E-state index in [9.17, 15) is 13.2 Å². The Bertz CT molecular complexity index is 361. The molecule has 0 spiro atoms. The average Bonchev–Trinajstić information content (AvgIpc) is 2.29. The first-order chi connectivity index (χ1) is 7.89. The smallest absolute Gasteiger partial charge is 0.323 e. The quantitative estimate of drug-likeness (QED) is 0.719. The molecule has 1 saturated heterocycles. The molecule has 3 N–H and O–H groups in total. The van der Waals surface area contributed by atoms with Gasteiger partial charge in [-0.25, -0.2) is 12.7 Å². The van der Waals surface area contributed by atoms with Crippen LogP contribution < -0.4 is 5.73 Å². The van der Waals surface area contributed by atoms with E-state index in [0.717, 1.165) is 19.3 Å². The van der Waals surface area contributed by atoms with Gasteiger partial charge in [-0.3, -0.25) is 4.79 Å². The Hall–Kier alpha value is -0.660. The molecule has 1 fully saturated rings. The summed E-state index contributed by atoms with van der Waals surface area (Å²) >= 11 is 0. The molecule has 0 bridgehead atoms. The van der Waals surface area contributed by atoms with E-state index in [1.807, 2.05) is 0 Å². The van der Waals surface area contributed by atoms with E-state index >= 15 is 0 Å². The number of nitrogens with zero attached hydrogens (tertiary/aromatic N) is 1. The number of nitrogens with two attached hydrogens (primary N) is 1. The molecule has 100 valence electrons. The topological polar surface area (TPSA) is 101 Å². The number of sulfonamides is 1. The highest BCUT2D eigenvalue weighted by molar-refractivity contribution is 7.90. The van der Waals surface area contributed by atoms with Crippen molar-refractivity contribution in [3.05, 3.63) is 0 Å². The lowest BCUT2D eigenvalue weighted by Gasteiger charge is -2.32. The SMILES string of the molecule is CC(C(=O)O)S(=O)(=O)N1CCC(CCN)CC1. The minimum absolute atomic E-state index is 0.407. The van der Waals surface area contributed by atoms with Gasteiger partial charge >= 0.3 is 5.97 Å². The van der Waals surface area contributed by atoms with E-state index in [4.69, 9.17) is 10.8 Å². The molecule has 0 aliphatic carbocycles. The fourth-order valence-electron chi connectivity index (χ4n) is 2.04. The maximum absolute atomic E-state index is 11.9. The predicted octanol–water partition coefficient (Wildman–Crippen LogP) is -0.150. The molecule has 6 nitrogen and oxygen atoms in total. The number of carboxylic acids is 1. The first-order valence-electron chi connectivity index (χ1n) is 5.81. The van der Waals surface area contributed by atoms with Crippen LogP contribution in [0.15, 0.2) is 0 Å². The molecule has 1 atom stereocenters. The van der Waals surface area contributed by atoms with Gasteiger partial charge in [0.2, 0.25) is 10.0 Å². The summed E-state index contributed by atoms with van der Waals surface area (Å²) in [4.78, 5) is 10.7. The van der Waals surface area contributed by atoms with Crippen molar-refractivity contribution in [2.24, 2.45) is 11.7 Å².